The van der Waals surface area contributed by atoms with Gasteiger partial charge in [-0.05, 0) is 29.8 Å². The normalized spacial score (nSPS) is 11.1. The Balaban J connectivity index is 2.57. The zero-order valence-electron chi connectivity index (χ0n) is 9.23. The summed E-state index contributed by atoms with van der Waals surface area (Å²) in [5.74, 6) is -0.793. The minimum atomic E-state index is -2.83. The lowest BCUT2D eigenvalue weighted by Crippen LogP contribution is -1.92. The van der Waals surface area contributed by atoms with Crippen LogP contribution in [0.25, 0.3) is 11.1 Å². The molecule has 2 aromatic rings. The largest absolute Gasteiger partial charge is 0.265 e. The third-order valence-electron chi connectivity index (χ3n) is 2.55. The minimum absolute atomic E-state index is 0.0907. The van der Waals surface area contributed by atoms with Gasteiger partial charge in [0.25, 0.3) is 6.43 Å². The Morgan fingerprint density at radius 3 is 2.11 bits per heavy atom. The van der Waals surface area contributed by atoms with E-state index in [4.69, 9.17) is 34.8 Å². The van der Waals surface area contributed by atoms with Crippen LogP contribution in [-0.4, -0.2) is 0 Å². The molecule has 2 aromatic carbocycles. The number of alkyl halides is 2. The predicted octanol–water partition coefficient (Wildman–Crippen LogP) is 6.39. The third-order valence-corrected chi connectivity index (χ3v) is 3.62. The summed E-state index contributed by atoms with van der Waals surface area (Å²) in [4.78, 5) is 0. The Kier molecular flexibility index (Phi) is 4.29. The van der Waals surface area contributed by atoms with Gasteiger partial charge in [-0.2, -0.15) is 0 Å². The summed E-state index contributed by atoms with van der Waals surface area (Å²) in [6.45, 7) is 0. The number of hydrogen-bond acceptors (Lipinski definition) is 0. The number of rotatable bonds is 2. The second-order valence-electron chi connectivity index (χ2n) is 3.78. The standard InChI is InChI=1S/C13H6Cl3F3/c14-9-2-1-6(3-11(9)16)7-4-10(15)8(13(18)19)5-12(7)17/h1-5,13H. The fraction of sp³-hybridized carbons (Fsp3) is 0.0769. The van der Waals surface area contributed by atoms with Crippen molar-refractivity contribution in [3.8, 4) is 11.1 Å². The molecule has 100 valence electrons. The van der Waals surface area contributed by atoms with Gasteiger partial charge in [-0.1, -0.05) is 40.9 Å². The third kappa shape index (κ3) is 2.99. The first kappa shape index (κ1) is 14.5. The molecule has 0 unspecified atom stereocenters. The Morgan fingerprint density at radius 2 is 1.53 bits per heavy atom. The van der Waals surface area contributed by atoms with Crippen molar-refractivity contribution in [2.24, 2.45) is 0 Å². The van der Waals surface area contributed by atoms with Crippen molar-refractivity contribution in [3.05, 3.63) is 56.8 Å². The summed E-state index contributed by atoms with van der Waals surface area (Å²) in [7, 11) is 0. The van der Waals surface area contributed by atoms with Crippen LogP contribution < -0.4 is 0 Å². The van der Waals surface area contributed by atoms with Crippen LogP contribution >= 0.6 is 34.8 Å². The Morgan fingerprint density at radius 1 is 0.842 bits per heavy atom. The lowest BCUT2D eigenvalue weighted by atomic mass is 10.0. The second kappa shape index (κ2) is 5.61. The van der Waals surface area contributed by atoms with Gasteiger partial charge in [0.15, 0.2) is 0 Å². The zero-order chi connectivity index (χ0) is 14.2. The minimum Gasteiger partial charge on any atom is -0.206 e. The molecule has 0 bridgehead atoms. The summed E-state index contributed by atoms with van der Waals surface area (Å²) in [6.07, 6.45) is -2.83. The molecule has 0 spiro atoms. The highest BCUT2D eigenvalue weighted by atomic mass is 35.5. The van der Waals surface area contributed by atoms with E-state index < -0.39 is 17.8 Å². The molecule has 0 heterocycles. The van der Waals surface area contributed by atoms with E-state index >= 15 is 0 Å². The molecule has 0 aromatic heterocycles. The number of halogens is 6. The highest BCUT2D eigenvalue weighted by Crippen LogP contribution is 2.35. The van der Waals surface area contributed by atoms with Gasteiger partial charge in [0, 0.05) is 11.1 Å². The lowest BCUT2D eigenvalue weighted by molar-refractivity contribution is 0.151. The first-order valence-electron chi connectivity index (χ1n) is 5.12. The molecule has 0 aliphatic heterocycles. The molecule has 19 heavy (non-hydrogen) atoms. The van der Waals surface area contributed by atoms with E-state index in [0.29, 0.717) is 10.6 Å². The van der Waals surface area contributed by atoms with Gasteiger partial charge >= 0.3 is 0 Å². The van der Waals surface area contributed by atoms with Crippen LogP contribution in [0, 0.1) is 5.82 Å². The number of hydrogen-bond donors (Lipinski definition) is 0. The van der Waals surface area contributed by atoms with Crippen LogP contribution in [0.5, 0.6) is 0 Å². The van der Waals surface area contributed by atoms with Gasteiger partial charge in [0.1, 0.15) is 5.82 Å². The van der Waals surface area contributed by atoms with Crippen LogP contribution in [0.3, 0.4) is 0 Å². The van der Waals surface area contributed by atoms with Gasteiger partial charge in [-0.3, -0.25) is 0 Å². The summed E-state index contributed by atoms with van der Waals surface area (Å²) in [5, 5.41) is 0.367. The maximum atomic E-state index is 13.8. The van der Waals surface area contributed by atoms with Crippen LogP contribution in [0.4, 0.5) is 13.2 Å². The SMILES string of the molecule is Fc1cc(C(F)F)c(Cl)cc1-c1ccc(Cl)c(Cl)c1. The first-order valence-corrected chi connectivity index (χ1v) is 6.26. The topological polar surface area (TPSA) is 0 Å². The molecule has 6 heteroatoms. The van der Waals surface area contributed by atoms with Crippen molar-refractivity contribution in [2.45, 2.75) is 6.43 Å². The van der Waals surface area contributed by atoms with Gasteiger partial charge < -0.3 is 0 Å². The maximum Gasteiger partial charge on any atom is 0.265 e. The molecule has 0 saturated heterocycles. The molecule has 0 saturated carbocycles. The van der Waals surface area contributed by atoms with E-state index in [2.05, 4.69) is 0 Å². The lowest BCUT2D eigenvalue weighted by Gasteiger charge is -2.09. The molecule has 0 N–H and O–H groups in total. The molecule has 0 fully saturated rings. The highest BCUT2D eigenvalue weighted by molar-refractivity contribution is 6.42. The molecule has 0 aliphatic carbocycles. The number of benzene rings is 2. The molecule has 0 amide bonds. The fourth-order valence-corrected chi connectivity index (χ4v) is 2.16. The maximum absolute atomic E-state index is 13.8. The van der Waals surface area contributed by atoms with Crippen molar-refractivity contribution in [2.75, 3.05) is 0 Å². The van der Waals surface area contributed by atoms with Crippen LogP contribution in [0.1, 0.15) is 12.0 Å². The van der Waals surface area contributed by atoms with Crippen molar-refractivity contribution >= 4 is 34.8 Å². The Bertz CT molecular complexity index is 627. The van der Waals surface area contributed by atoms with E-state index in [1.54, 1.807) is 0 Å². The zero-order valence-corrected chi connectivity index (χ0v) is 11.5. The van der Waals surface area contributed by atoms with E-state index in [0.717, 1.165) is 12.1 Å². The van der Waals surface area contributed by atoms with Crippen molar-refractivity contribution in [1.82, 2.24) is 0 Å². The summed E-state index contributed by atoms with van der Waals surface area (Å²) in [6, 6.07) is 6.35. The molecular weight excluding hydrogens is 319 g/mol. The van der Waals surface area contributed by atoms with Crippen LogP contribution in [-0.2, 0) is 0 Å². The van der Waals surface area contributed by atoms with E-state index in [9.17, 15) is 13.2 Å². The summed E-state index contributed by atoms with van der Waals surface area (Å²) in [5.41, 5.74) is -0.0365. The quantitative estimate of drug-likeness (QED) is 0.600. The van der Waals surface area contributed by atoms with E-state index in [-0.39, 0.29) is 15.6 Å². The smallest absolute Gasteiger partial charge is 0.206 e. The van der Waals surface area contributed by atoms with Crippen molar-refractivity contribution < 1.29 is 13.2 Å². The highest BCUT2D eigenvalue weighted by Gasteiger charge is 2.17. The summed E-state index contributed by atoms with van der Waals surface area (Å²) >= 11 is 17.3. The Hall–Kier alpha value is -0.900. The molecule has 2 rings (SSSR count). The first-order chi connectivity index (χ1) is 8.90. The van der Waals surface area contributed by atoms with Gasteiger partial charge in [0.2, 0.25) is 0 Å². The molecular formula is C13H6Cl3F3. The van der Waals surface area contributed by atoms with Gasteiger partial charge in [0.05, 0.1) is 15.1 Å². The van der Waals surface area contributed by atoms with Crippen molar-refractivity contribution in [1.29, 1.82) is 0 Å². The average Bonchev–Trinajstić information content (AvgIpc) is 2.35. The van der Waals surface area contributed by atoms with E-state index in [1.165, 1.54) is 18.2 Å². The predicted molar refractivity (Wildman–Crippen MR) is 71.8 cm³/mol. The summed E-state index contributed by atoms with van der Waals surface area (Å²) < 4.78 is 39.0. The van der Waals surface area contributed by atoms with Gasteiger partial charge in [-0.15, -0.1) is 0 Å². The van der Waals surface area contributed by atoms with Crippen LogP contribution in [0.2, 0.25) is 15.1 Å². The second-order valence-corrected chi connectivity index (χ2v) is 5.00. The Labute approximate surface area is 122 Å². The van der Waals surface area contributed by atoms with E-state index in [1.807, 2.05) is 0 Å². The van der Waals surface area contributed by atoms with Crippen molar-refractivity contribution in [3.63, 3.8) is 0 Å². The van der Waals surface area contributed by atoms with Gasteiger partial charge in [-0.25, -0.2) is 13.2 Å². The molecule has 0 radical (unpaired) electrons. The average molecular weight is 326 g/mol. The van der Waals surface area contributed by atoms with Crippen LogP contribution in [0.15, 0.2) is 30.3 Å². The monoisotopic (exact) mass is 324 g/mol. The fourth-order valence-electron chi connectivity index (χ4n) is 1.61. The molecule has 0 aliphatic rings. The molecule has 0 atom stereocenters. The molecule has 0 nitrogen and oxygen atoms in total.